The van der Waals surface area contributed by atoms with Crippen molar-refractivity contribution in [1.82, 2.24) is 5.32 Å². The molecule has 3 rings (SSSR count). The van der Waals surface area contributed by atoms with E-state index in [4.69, 9.17) is 0 Å². The van der Waals surface area contributed by atoms with Gasteiger partial charge in [0.2, 0.25) is 0 Å². The second-order valence-electron chi connectivity index (χ2n) is 5.62. The minimum atomic E-state index is -1.05. The first-order valence-electron chi connectivity index (χ1n) is 7.70. The van der Waals surface area contributed by atoms with Gasteiger partial charge in [-0.15, -0.1) is 0 Å². The summed E-state index contributed by atoms with van der Waals surface area (Å²) in [6, 6.07) is 21.3. The molecular weight excluding hydrogens is 302 g/mol. The second-order valence-corrected chi connectivity index (χ2v) is 5.62. The van der Waals surface area contributed by atoms with Crippen molar-refractivity contribution in [3.05, 3.63) is 83.9 Å². The lowest BCUT2D eigenvalue weighted by molar-refractivity contribution is -0.139. The Morgan fingerprint density at radius 3 is 2.25 bits per heavy atom. The van der Waals surface area contributed by atoms with Crippen molar-refractivity contribution in [3.8, 4) is 0 Å². The topological polar surface area (TPSA) is 66.4 Å². The van der Waals surface area contributed by atoms with Crippen LogP contribution in [-0.2, 0) is 11.2 Å². The molecule has 1 amide bonds. The first-order chi connectivity index (χ1) is 11.6. The van der Waals surface area contributed by atoms with Gasteiger partial charge in [-0.25, -0.2) is 4.79 Å². The van der Waals surface area contributed by atoms with Crippen molar-refractivity contribution in [2.45, 2.75) is 12.5 Å². The number of carboxylic acids is 1. The van der Waals surface area contributed by atoms with E-state index in [1.807, 2.05) is 60.7 Å². The van der Waals surface area contributed by atoms with Gasteiger partial charge < -0.3 is 10.4 Å². The van der Waals surface area contributed by atoms with E-state index in [1.54, 1.807) is 12.1 Å². The van der Waals surface area contributed by atoms with E-state index in [1.165, 1.54) is 0 Å². The van der Waals surface area contributed by atoms with Gasteiger partial charge in [-0.05, 0) is 28.5 Å². The molecule has 4 heteroatoms. The summed E-state index contributed by atoms with van der Waals surface area (Å²) in [6.07, 6.45) is 0.246. The largest absolute Gasteiger partial charge is 0.480 e. The number of hydrogen-bond donors (Lipinski definition) is 2. The van der Waals surface area contributed by atoms with Gasteiger partial charge in [0.05, 0.1) is 0 Å². The number of rotatable bonds is 5. The molecule has 0 aliphatic heterocycles. The van der Waals surface area contributed by atoms with Gasteiger partial charge in [0.25, 0.3) is 5.91 Å². The lowest BCUT2D eigenvalue weighted by Gasteiger charge is -2.15. The maximum Gasteiger partial charge on any atom is 0.326 e. The third-order valence-corrected chi connectivity index (χ3v) is 3.90. The predicted octanol–water partition coefficient (Wildman–Crippen LogP) is 3.27. The van der Waals surface area contributed by atoms with Crippen LogP contribution in [0.1, 0.15) is 15.9 Å². The van der Waals surface area contributed by atoms with Crippen molar-refractivity contribution >= 4 is 22.6 Å². The summed E-state index contributed by atoms with van der Waals surface area (Å²) in [5.74, 6) is -1.43. The molecule has 120 valence electrons. The molecule has 4 nitrogen and oxygen atoms in total. The standard InChI is InChI=1S/C20H17NO3/c22-19(17-11-10-15-8-4-5-9-16(15)13-17)21-18(20(23)24)12-14-6-2-1-3-7-14/h1-11,13,18H,12H2,(H,21,22)(H,23,24)/t18-/m1/s1. The molecule has 0 aromatic heterocycles. The van der Waals surface area contributed by atoms with Crippen LogP contribution in [0.5, 0.6) is 0 Å². The number of benzene rings is 3. The van der Waals surface area contributed by atoms with Crippen molar-refractivity contribution in [3.63, 3.8) is 0 Å². The fraction of sp³-hybridized carbons (Fsp3) is 0.100. The second kappa shape index (κ2) is 6.96. The maximum atomic E-state index is 12.4. The monoisotopic (exact) mass is 319 g/mol. The number of nitrogens with one attached hydrogen (secondary N) is 1. The number of carbonyl (C=O) groups excluding carboxylic acids is 1. The van der Waals surface area contributed by atoms with Gasteiger partial charge in [-0.2, -0.15) is 0 Å². The van der Waals surface area contributed by atoms with Crippen LogP contribution >= 0.6 is 0 Å². The summed E-state index contributed by atoms with van der Waals surface area (Å²) in [6.45, 7) is 0. The average Bonchev–Trinajstić information content (AvgIpc) is 2.61. The van der Waals surface area contributed by atoms with Crippen LogP contribution in [0.15, 0.2) is 72.8 Å². The Morgan fingerprint density at radius 1 is 0.875 bits per heavy atom. The predicted molar refractivity (Wildman–Crippen MR) is 93.0 cm³/mol. The van der Waals surface area contributed by atoms with Gasteiger partial charge in [-0.1, -0.05) is 60.7 Å². The van der Waals surface area contributed by atoms with E-state index in [9.17, 15) is 14.7 Å². The fourth-order valence-corrected chi connectivity index (χ4v) is 2.62. The Balaban J connectivity index is 1.78. The molecule has 2 N–H and O–H groups in total. The Morgan fingerprint density at radius 2 is 1.54 bits per heavy atom. The minimum Gasteiger partial charge on any atom is -0.480 e. The van der Waals surface area contributed by atoms with E-state index in [-0.39, 0.29) is 12.3 Å². The molecule has 1 atom stereocenters. The zero-order valence-corrected chi connectivity index (χ0v) is 13.0. The van der Waals surface area contributed by atoms with Crippen LogP contribution in [0.25, 0.3) is 10.8 Å². The summed E-state index contributed by atoms with van der Waals surface area (Å²) in [7, 11) is 0. The van der Waals surface area contributed by atoms with Crippen LogP contribution in [0.4, 0.5) is 0 Å². The smallest absolute Gasteiger partial charge is 0.326 e. The summed E-state index contributed by atoms with van der Waals surface area (Å²) in [5.41, 5.74) is 1.32. The van der Waals surface area contributed by atoms with E-state index in [0.29, 0.717) is 5.56 Å². The molecule has 0 unspecified atom stereocenters. The molecule has 0 heterocycles. The van der Waals surface area contributed by atoms with Crippen LogP contribution in [0, 0.1) is 0 Å². The van der Waals surface area contributed by atoms with Crippen LogP contribution in [-0.4, -0.2) is 23.0 Å². The molecule has 0 aliphatic carbocycles. The first kappa shape index (κ1) is 15.7. The highest BCUT2D eigenvalue weighted by Crippen LogP contribution is 2.16. The fourth-order valence-electron chi connectivity index (χ4n) is 2.62. The van der Waals surface area contributed by atoms with Gasteiger partial charge in [-0.3, -0.25) is 4.79 Å². The molecule has 0 saturated heterocycles. The Labute approximate surface area is 139 Å². The minimum absolute atomic E-state index is 0.246. The number of aliphatic carboxylic acids is 1. The SMILES string of the molecule is O=C(N[C@H](Cc1ccccc1)C(=O)O)c1ccc2ccccc2c1. The van der Waals surface area contributed by atoms with Crippen LogP contribution in [0.2, 0.25) is 0 Å². The lowest BCUT2D eigenvalue weighted by Crippen LogP contribution is -2.42. The molecule has 3 aromatic carbocycles. The molecule has 0 fully saturated rings. The Hall–Kier alpha value is -3.14. The summed E-state index contributed by atoms with van der Waals surface area (Å²) in [4.78, 5) is 23.9. The molecule has 0 radical (unpaired) electrons. The molecule has 3 aromatic rings. The van der Waals surface area contributed by atoms with Gasteiger partial charge in [0.1, 0.15) is 6.04 Å². The molecule has 24 heavy (non-hydrogen) atoms. The number of amides is 1. The third-order valence-electron chi connectivity index (χ3n) is 3.90. The van der Waals surface area contributed by atoms with E-state index < -0.39 is 12.0 Å². The van der Waals surface area contributed by atoms with Crippen molar-refractivity contribution in [1.29, 1.82) is 0 Å². The normalized spacial score (nSPS) is 11.8. The number of hydrogen-bond acceptors (Lipinski definition) is 2. The van der Waals surface area contributed by atoms with Gasteiger partial charge in [0, 0.05) is 12.0 Å². The van der Waals surface area contributed by atoms with E-state index in [2.05, 4.69) is 5.32 Å². The third kappa shape index (κ3) is 3.60. The zero-order valence-electron chi connectivity index (χ0n) is 13.0. The summed E-state index contributed by atoms with van der Waals surface area (Å²) < 4.78 is 0. The Bertz CT molecular complexity index is 874. The van der Waals surface area contributed by atoms with Crippen LogP contribution < -0.4 is 5.32 Å². The highest BCUT2D eigenvalue weighted by molar-refractivity contribution is 6.00. The highest BCUT2D eigenvalue weighted by atomic mass is 16.4. The molecule has 0 bridgehead atoms. The molecule has 0 saturated carbocycles. The number of carboxylic acid groups (broad SMARTS) is 1. The quantitative estimate of drug-likeness (QED) is 0.758. The van der Waals surface area contributed by atoms with E-state index >= 15 is 0 Å². The molecule has 0 spiro atoms. The van der Waals surface area contributed by atoms with Crippen molar-refractivity contribution in [2.75, 3.05) is 0 Å². The molecular formula is C20H17NO3. The number of fused-ring (bicyclic) bond motifs is 1. The average molecular weight is 319 g/mol. The lowest BCUT2D eigenvalue weighted by atomic mass is 10.0. The van der Waals surface area contributed by atoms with Crippen LogP contribution in [0.3, 0.4) is 0 Å². The van der Waals surface area contributed by atoms with E-state index in [0.717, 1.165) is 16.3 Å². The van der Waals surface area contributed by atoms with Crippen molar-refractivity contribution in [2.24, 2.45) is 0 Å². The van der Waals surface area contributed by atoms with Gasteiger partial charge in [0.15, 0.2) is 0 Å². The number of carbonyl (C=O) groups is 2. The zero-order chi connectivity index (χ0) is 16.9. The highest BCUT2D eigenvalue weighted by Gasteiger charge is 2.21. The summed E-state index contributed by atoms with van der Waals surface area (Å²) >= 11 is 0. The Kier molecular flexibility index (Phi) is 4.57. The molecule has 0 aliphatic rings. The van der Waals surface area contributed by atoms with Crippen molar-refractivity contribution < 1.29 is 14.7 Å². The maximum absolute atomic E-state index is 12.4. The van der Waals surface area contributed by atoms with Gasteiger partial charge >= 0.3 is 5.97 Å². The first-order valence-corrected chi connectivity index (χ1v) is 7.70. The summed E-state index contributed by atoms with van der Waals surface area (Å²) in [5, 5.41) is 14.0.